The quantitative estimate of drug-likeness (QED) is 0.524. The standard InChI is InChI=1S/C5H12N2O2S/c1-3(4(6)10-2)7-5(8)9/h3-4,7H,6H2,1-2H3,(H,8,9). The molecule has 0 aliphatic rings. The maximum atomic E-state index is 10.1. The van der Waals surface area contributed by atoms with Gasteiger partial charge in [-0.25, -0.2) is 4.79 Å². The third-order valence-corrected chi connectivity index (χ3v) is 2.07. The Morgan fingerprint density at radius 2 is 2.30 bits per heavy atom. The topological polar surface area (TPSA) is 75.3 Å². The molecule has 1 amide bonds. The van der Waals surface area contributed by atoms with Crippen LogP contribution in [0.2, 0.25) is 0 Å². The van der Waals surface area contributed by atoms with Gasteiger partial charge in [-0.1, -0.05) is 0 Å². The van der Waals surface area contributed by atoms with Crippen molar-refractivity contribution in [1.82, 2.24) is 5.32 Å². The van der Waals surface area contributed by atoms with Crippen LogP contribution in [0.25, 0.3) is 0 Å². The van der Waals surface area contributed by atoms with Crippen LogP contribution in [-0.4, -0.2) is 28.9 Å². The predicted molar refractivity (Wildman–Crippen MR) is 42.1 cm³/mol. The predicted octanol–water partition coefficient (Wildman–Crippen LogP) is 0.290. The molecule has 0 fully saturated rings. The lowest BCUT2D eigenvalue weighted by molar-refractivity contribution is 0.190. The largest absolute Gasteiger partial charge is 0.465 e. The number of carboxylic acid groups (broad SMARTS) is 1. The van der Waals surface area contributed by atoms with Gasteiger partial charge in [-0.3, -0.25) is 0 Å². The van der Waals surface area contributed by atoms with E-state index >= 15 is 0 Å². The van der Waals surface area contributed by atoms with Gasteiger partial charge in [0.1, 0.15) is 0 Å². The summed E-state index contributed by atoms with van der Waals surface area (Å²) in [6, 6.07) is -0.201. The molecular formula is C5H12N2O2S. The Morgan fingerprint density at radius 1 is 1.80 bits per heavy atom. The van der Waals surface area contributed by atoms with E-state index < -0.39 is 6.09 Å². The molecule has 0 saturated heterocycles. The summed E-state index contributed by atoms with van der Waals surface area (Å²) in [5.41, 5.74) is 5.50. The average Bonchev–Trinajstić information content (AvgIpc) is 1.85. The van der Waals surface area contributed by atoms with E-state index in [4.69, 9.17) is 10.8 Å². The van der Waals surface area contributed by atoms with Gasteiger partial charge in [0.15, 0.2) is 0 Å². The molecule has 0 spiro atoms. The zero-order valence-corrected chi connectivity index (χ0v) is 6.81. The van der Waals surface area contributed by atoms with Crippen LogP contribution >= 0.6 is 11.8 Å². The van der Waals surface area contributed by atoms with E-state index in [1.165, 1.54) is 11.8 Å². The number of rotatable bonds is 3. The fraction of sp³-hybridized carbons (Fsp3) is 0.800. The van der Waals surface area contributed by atoms with Crippen molar-refractivity contribution >= 4 is 17.9 Å². The molecule has 0 radical (unpaired) electrons. The minimum Gasteiger partial charge on any atom is -0.465 e. The first-order valence-electron chi connectivity index (χ1n) is 2.85. The normalized spacial score (nSPS) is 15.9. The fourth-order valence-electron chi connectivity index (χ4n) is 0.481. The number of carbonyl (C=O) groups is 1. The van der Waals surface area contributed by atoms with Gasteiger partial charge in [-0.05, 0) is 13.2 Å². The Bertz CT molecular complexity index is 120. The highest BCUT2D eigenvalue weighted by Crippen LogP contribution is 2.03. The maximum Gasteiger partial charge on any atom is 0.404 e. The van der Waals surface area contributed by atoms with E-state index in [0.29, 0.717) is 0 Å². The number of hydrogen-bond acceptors (Lipinski definition) is 3. The SMILES string of the molecule is CSC(N)C(C)NC(=O)O. The summed E-state index contributed by atoms with van der Waals surface area (Å²) < 4.78 is 0. The van der Waals surface area contributed by atoms with Crippen LogP contribution in [0, 0.1) is 0 Å². The molecule has 0 aromatic heterocycles. The van der Waals surface area contributed by atoms with Gasteiger partial charge in [0, 0.05) is 0 Å². The minimum atomic E-state index is -1.03. The molecule has 2 atom stereocenters. The monoisotopic (exact) mass is 164 g/mol. The van der Waals surface area contributed by atoms with Crippen molar-refractivity contribution in [2.24, 2.45) is 5.73 Å². The number of hydrogen-bond donors (Lipinski definition) is 3. The molecule has 0 rings (SSSR count). The highest BCUT2D eigenvalue weighted by atomic mass is 32.2. The van der Waals surface area contributed by atoms with Gasteiger partial charge in [0.25, 0.3) is 0 Å². The number of thioether (sulfide) groups is 1. The Balaban J connectivity index is 3.61. The molecule has 0 aromatic rings. The Kier molecular flexibility index (Phi) is 4.22. The molecular weight excluding hydrogens is 152 g/mol. The summed E-state index contributed by atoms with van der Waals surface area (Å²) in [5.74, 6) is 0. The van der Waals surface area contributed by atoms with Gasteiger partial charge in [-0.15, -0.1) is 11.8 Å². The summed E-state index contributed by atoms with van der Waals surface area (Å²) in [6.07, 6.45) is 0.807. The molecule has 5 heteroatoms. The molecule has 4 nitrogen and oxygen atoms in total. The second-order valence-corrected chi connectivity index (χ2v) is 2.95. The summed E-state index contributed by atoms with van der Waals surface area (Å²) in [6.45, 7) is 1.73. The molecule has 60 valence electrons. The molecule has 0 heterocycles. The van der Waals surface area contributed by atoms with Crippen LogP contribution in [0.1, 0.15) is 6.92 Å². The van der Waals surface area contributed by atoms with Crippen LogP contribution in [-0.2, 0) is 0 Å². The molecule has 0 aliphatic heterocycles. The first-order valence-corrected chi connectivity index (χ1v) is 4.14. The first kappa shape index (κ1) is 9.58. The lowest BCUT2D eigenvalue weighted by atomic mass is 10.3. The second kappa shape index (κ2) is 4.40. The molecule has 0 bridgehead atoms. The number of nitrogens with one attached hydrogen (secondary N) is 1. The summed E-state index contributed by atoms with van der Waals surface area (Å²) in [5, 5.41) is 10.3. The van der Waals surface area contributed by atoms with Crippen LogP contribution < -0.4 is 11.1 Å². The third kappa shape index (κ3) is 3.58. The van der Waals surface area contributed by atoms with Gasteiger partial charge >= 0.3 is 6.09 Å². The molecule has 0 aromatic carbocycles. The van der Waals surface area contributed by atoms with Crippen LogP contribution in [0.5, 0.6) is 0 Å². The van der Waals surface area contributed by atoms with Crippen molar-refractivity contribution in [1.29, 1.82) is 0 Å². The highest BCUT2D eigenvalue weighted by molar-refractivity contribution is 7.99. The van der Waals surface area contributed by atoms with Crippen molar-refractivity contribution in [2.75, 3.05) is 6.26 Å². The fourth-order valence-corrected chi connectivity index (χ4v) is 0.957. The van der Waals surface area contributed by atoms with E-state index in [2.05, 4.69) is 5.32 Å². The Labute approximate surface area is 64.2 Å². The van der Waals surface area contributed by atoms with Crippen molar-refractivity contribution < 1.29 is 9.90 Å². The Morgan fingerprint density at radius 3 is 2.60 bits per heavy atom. The lowest BCUT2D eigenvalue weighted by Gasteiger charge is -2.16. The highest BCUT2D eigenvalue weighted by Gasteiger charge is 2.12. The van der Waals surface area contributed by atoms with E-state index in [1.54, 1.807) is 6.92 Å². The molecule has 0 saturated carbocycles. The molecule has 4 N–H and O–H groups in total. The summed E-state index contributed by atoms with van der Waals surface area (Å²) in [7, 11) is 0. The number of amides is 1. The van der Waals surface area contributed by atoms with Gasteiger partial charge in [-0.2, -0.15) is 0 Å². The van der Waals surface area contributed by atoms with Crippen LogP contribution in [0.4, 0.5) is 4.79 Å². The van der Waals surface area contributed by atoms with Gasteiger partial charge in [0.2, 0.25) is 0 Å². The zero-order valence-electron chi connectivity index (χ0n) is 6.00. The van der Waals surface area contributed by atoms with Crippen molar-refractivity contribution in [3.63, 3.8) is 0 Å². The van der Waals surface area contributed by atoms with E-state index in [1.807, 2.05) is 6.26 Å². The van der Waals surface area contributed by atoms with Crippen molar-refractivity contribution in [3.05, 3.63) is 0 Å². The van der Waals surface area contributed by atoms with Crippen LogP contribution in [0.15, 0.2) is 0 Å². The van der Waals surface area contributed by atoms with Crippen LogP contribution in [0.3, 0.4) is 0 Å². The summed E-state index contributed by atoms with van der Waals surface area (Å²) in [4.78, 5) is 10.1. The maximum absolute atomic E-state index is 10.1. The van der Waals surface area contributed by atoms with E-state index in [0.717, 1.165) is 0 Å². The minimum absolute atomic E-state index is 0.170. The number of nitrogens with two attached hydrogens (primary N) is 1. The van der Waals surface area contributed by atoms with Gasteiger partial charge in [0.05, 0.1) is 11.4 Å². The zero-order chi connectivity index (χ0) is 8.15. The Hall–Kier alpha value is -0.420. The first-order chi connectivity index (χ1) is 4.57. The third-order valence-electron chi connectivity index (χ3n) is 1.12. The lowest BCUT2D eigenvalue weighted by Crippen LogP contribution is -2.43. The molecule has 0 aliphatic carbocycles. The summed E-state index contributed by atoms with van der Waals surface area (Å²) >= 11 is 1.43. The van der Waals surface area contributed by atoms with Crippen molar-refractivity contribution in [2.45, 2.75) is 18.3 Å². The van der Waals surface area contributed by atoms with Gasteiger partial charge < -0.3 is 16.2 Å². The van der Waals surface area contributed by atoms with E-state index in [-0.39, 0.29) is 11.4 Å². The molecule has 2 unspecified atom stereocenters. The average molecular weight is 164 g/mol. The molecule has 10 heavy (non-hydrogen) atoms. The smallest absolute Gasteiger partial charge is 0.404 e. The second-order valence-electron chi connectivity index (χ2n) is 1.94. The van der Waals surface area contributed by atoms with E-state index in [9.17, 15) is 4.79 Å². The van der Waals surface area contributed by atoms with Crippen molar-refractivity contribution in [3.8, 4) is 0 Å².